The predicted molar refractivity (Wildman–Crippen MR) is 88.0 cm³/mol. The molecule has 0 unspecified atom stereocenters. The van der Waals surface area contributed by atoms with Crippen LogP contribution in [-0.4, -0.2) is 11.9 Å². The molecule has 112 valence electrons. The Labute approximate surface area is 129 Å². The summed E-state index contributed by atoms with van der Waals surface area (Å²) in [4.78, 5) is 25.0. The minimum atomic E-state index is -0.537. The summed E-state index contributed by atoms with van der Waals surface area (Å²) in [5.74, 6) is -0.392. The van der Waals surface area contributed by atoms with Gasteiger partial charge in [0.15, 0.2) is 0 Å². The topological polar surface area (TPSA) is 75.4 Å². The lowest BCUT2D eigenvalue weighted by Crippen LogP contribution is -2.41. The number of rotatable bonds is 3. The van der Waals surface area contributed by atoms with Gasteiger partial charge in [-0.05, 0) is 29.8 Å². The van der Waals surface area contributed by atoms with E-state index in [1.165, 1.54) is 13.1 Å². The monoisotopic (exact) mass is 295 g/mol. The number of nitrogens with one attached hydrogen (secondary N) is 1. The van der Waals surface area contributed by atoms with Gasteiger partial charge in [-0.2, -0.15) is 0 Å². The lowest BCUT2D eigenvalue weighted by Gasteiger charge is -2.19. The van der Waals surface area contributed by atoms with Crippen molar-refractivity contribution in [3.8, 4) is 0 Å². The molecule has 0 aromatic heterocycles. The maximum atomic E-state index is 12.2. The summed E-state index contributed by atoms with van der Waals surface area (Å²) in [6.45, 7) is 1.32. The Hall–Kier alpha value is -3.08. The number of benzene rings is 2. The lowest BCUT2D eigenvalue weighted by molar-refractivity contribution is -0.115. The van der Waals surface area contributed by atoms with E-state index >= 15 is 0 Å². The zero-order valence-corrected chi connectivity index (χ0v) is 12.2. The van der Waals surface area contributed by atoms with Crippen LogP contribution < -0.4 is 16.0 Å². The van der Waals surface area contributed by atoms with Crippen LogP contribution in [0.1, 0.15) is 12.5 Å². The second-order valence-electron chi connectivity index (χ2n) is 4.64. The average Bonchev–Trinajstić information content (AvgIpc) is 2.48. The van der Waals surface area contributed by atoms with Gasteiger partial charge in [0.05, 0.1) is 5.69 Å². The molecule has 0 aliphatic rings. The lowest BCUT2D eigenvalue weighted by atomic mass is 10.2. The largest absolute Gasteiger partial charge is 0.399 e. The number of nitrogen functional groups attached to an aromatic ring is 1. The summed E-state index contributed by atoms with van der Waals surface area (Å²) in [6, 6.07) is 15.6. The van der Waals surface area contributed by atoms with Gasteiger partial charge in [-0.1, -0.05) is 36.4 Å². The molecule has 0 saturated carbocycles. The smallest absolute Gasteiger partial charge is 0.332 e. The fourth-order valence-electron chi connectivity index (χ4n) is 1.94. The van der Waals surface area contributed by atoms with Crippen molar-refractivity contribution in [1.82, 2.24) is 5.32 Å². The Bertz CT molecular complexity index is 696. The van der Waals surface area contributed by atoms with Crippen molar-refractivity contribution in [3.05, 3.63) is 66.4 Å². The molecular formula is C17H17N3O2. The van der Waals surface area contributed by atoms with Gasteiger partial charge in [-0.15, -0.1) is 0 Å². The van der Waals surface area contributed by atoms with Crippen LogP contribution in [0.5, 0.6) is 0 Å². The SMILES string of the molecule is CC(=O)N(C(=O)N/C=C/c1ccccc1)c1cccc(N)c1. The van der Waals surface area contributed by atoms with Crippen molar-refractivity contribution < 1.29 is 9.59 Å². The summed E-state index contributed by atoms with van der Waals surface area (Å²) in [6.07, 6.45) is 3.25. The summed E-state index contributed by atoms with van der Waals surface area (Å²) < 4.78 is 0. The zero-order valence-electron chi connectivity index (χ0n) is 12.2. The quantitative estimate of drug-likeness (QED) is 0.855. The van der Waals surface area contributed by atoms with E-state index in [1.807, 2.05) is 30.3 Å². The highest BCUT2D eigenvalue weighted by Gasteiger charge is 2.19. The van der Waals surface area contributed by atoms with E-state index in [0.29, 0.717) is 11.4 Å². The van der Waals surface area contributed by atoms with Crippen molar-refractivity contribution in [2.45, 2.75) is 6.92 Å². The third kappa shape index (κ3) is 3.96. The van der Waals surface area contributed by atoms with Gasteiger partial charge < -0.3 is 11.1 Å². The molecule has 0 fully saturated rings. The van der Waals surface area contributed by atoms with Crippen LogP contribution in [0.3, 0.4) is 0 Å². The summed E-state index contributed by atoms with van der Waals surface area (Å²) >= 11 is 0. The molecule has 3 N–H and O–H groups in total. The number of hydrogen-bond acceptors (Lipinski definition) is 3. The number of nitrogens with zero attached hydrogens (tertiary/aromatic N) is 1. The molecule has 2 aromatic rings. The van der Waals surface area contributed by atoms with Crippen molar-refractivity contribution in [3.63, 3.8) is 0 Å². The van der Waals surface area contributed by atoms with E-state index < -0.39 is 11.9 Å². The third-order valence-corrected chi connectivity index (χ3v) is 2.93. The highest BCUT2D eigenvalue weighted by molar-refractivity contribution is 6.13. The maximum Gasteiger partial charge on any atom is 0.332 e. The van der Waals surface area contributed by atoms with Crippen LogP contribution >= 0.6 is 0 Å². The Morgan fingerprint density at radius 2 is 1.82 bits per heavy atom. The number of hydrogen-bond donors (Lipinski definition) is 2. The van der Waals surface area contributed by atoms with E-state index in [4.69, 9.17) is 5.73 Å². The van der Waals surface area contributed by atoms with E-state index in [0.717, 1.165) is 10.5 Å². The Kier molecular flexibility index (Phi) is 4.93. The normalized spacial score (nSPS) is 10.4. The van der Waals surface area contributed by atoms with E-state index in [9.17, 15) is 9.59 Å². The number of imide groups is 1. The predicted octanol–water partition coefficient (Wildman–Crippen LogP) is 3.00. The standard InChI is InChI=1S/C17H17N3O2/c1-13(21)20(16-9-5-8-15(18)12-16)17(22)19-11-10-14-6-3-2-4-7-14/h2-12H,18H2,1H3,(H,19,22)/b11-10+. The molecule has 5 nitrogen and oxygen atoms in total. The first-order valence-corrected chi connectivity index (χ1v) is 6.76. The van der Waals surface area contributed by atoms with Crippen LogP contribution in [0.4, 0.5) is 16.2 Å². The molecule has 0 radical (unpaired) electrons. The van der Waals surface area contributed by atoms with Gasteiger partial charge in [0.2, 0.25) is 5.91 Å². The number of carbonyl (C=O) groups is 2. The second-order valence-corrected chi connectivity index (χ2v) is 4.64. The molecule has 0 atom stereocenters. The summed E-state index contributed by atoms with van der Waals surface area (Å²) in [5.41, 5.74) is 7.55. The molecular weight excluding hydrogens is 278 g/mol. The van der Waals surface area contributed by atoms with Gasteiger partial charge in [-0.25, -0.2) is 9.69 Å². The first-order chi connectivity index (χ1) is 10.6. The molecule has 0 bridgehead atoms. The van der Waals surface area contributed by atoms with Crippen LogP contribution in [0.2, 0.25) is 0 Å². The first-order valence-electron chi connectivity index (χ1n) is 6.76. The minimum Gasteiger partial charge on any atom is -0.399 e. The highest BCUT2D eigenvalue weighted by Crippen LogP contribution is 2.18. The number of anilines is 2. The second kappa shape index (κ2) is 7.08. The van der Waals surface area contributed by atoms with Crippen LogP contribution in [0.15, 0.2) is 60.8 Å². The minimum absolute atomic E-state index is 0.392. The summed E-state index contributed by atoms with van der Waals surface area (Å²) in [7, 11) is 0. The molecule has 0 aliphatic carbocycles. The summed E-state index contributed by atoms with van der Waals surface area (Å²) in [5, 5.41) is 2.58. The third-order valence-electron chi connectivity index (χ3n) is 2.93. The zero-order chi connectivity index (χ0) is 15.9. The molecule has 0 aliphatic heterocycles. The molecule has 0 saturated heterocycles. The van der Waals surface area contributed by atoms with Crippen molar-refractivity contribution >= 4 is 29.4 Å². The van der Waals surface area contributed by atoms with Crippen molar-refractivity contribution in [1.29, 1.82) is 0 Å². The molecule has 3 amide bonds. The van der Waals surface area contributed by atoms with Gasteiger partial charge >= 0.3 is 6.03 Å². The molecule has 5 heteroatoms. The number of urea groups is 1. The number of amides is 3. The fraction of sp³-hybridized carbons (Fsp3) is 0.0588. The molecule has 0 heterocycles. The van der Waals surface area contributed by atoms with Gasteiger partial charge in [0.1, 0.15) is 0 Å². The number of carbonyl (C=O) groups excluding carboxylic acids is 2. The average molecular weight is 295 g/mol. The van der Waals surface area contributed by atoms with E-state index in [2.05, 4.69) is 5.32 Å². The van der Waals surface area contributed by atoms with Crippen LogP contribution in [0.25, 0.3) is 6.08 Å². The fourth-order valence-corrected chi connectivity index (χ4v) is 1.94. The van der Waals surface area contributed by atoms with Crippen molar-refractivity contribution in [2.24, 2.45) is 0 Å². The molecule has 2 aromatic carbocycles. The van der Waals surface area contributed by atoms with Gasteiger partial charge in [0, 0.05) is 18.8 Å². The van der Waals surface area contributed by atoms with Gasteiger partial charge in [0.25, 0.3) is 0 Å². The molecule has 0 spiro atoms. The molecule has 22 heavy (non-hydrogen) atoms. The first kappa shape index (κ1) is 15.3. The molecule has 2 rings (SSSR count). The van der Waals surface area contributed by atoms with Crippen LogP contribution in [-0.2, 0) is 4.79 Å². The Balaban J connectivity index is 2.11. The number of nitrogens with two attached hydrogens (primary N) is 1. The Morgan fingerprint density at radius 1 is 1.09 bits per heavy atom. The van der Waals surface area contributed by atoms with Crippen LogP contribution in [0, 0.1) is 0 Å². The van der Waals surface area contributed by atoms with E-state index in [1.54, 1.807) is 30.3 Å². The van der Waals surface area contributed by atoms with E-state index in [-0.39, 0.29) is 0 Å². The maximum absolute atomic E-state index is 12.2. The Morgan fingerprint density at radius 3 is 2.45 bits per heavy atom. The van der Waals surface area contributed by atoms with Crippen molar-refractivity contribution in [2.75, 3.05) is 10.6 Å². The highest BCUT2D eigenvalue weighted by atomic mass is 16.2. The van der Waals surface area contributed by atoms with Gasteiger partial charge in [-0.3, -0.25) is 4.79 Å².